The van der Waals surface area contributed by atoms with Gasteiger partial charge in [-0.05, 0) is 43.6 Å². The molecule has 0 amide bonds. The summed E-state index contributed by atoms with van der Waals surface area (Å²) in [4.78, 5) is 0. The minimum Gasteiger partial charge on any atom is -0.493 e. The van der Waals surface area contributed by atoms with Gasteiger partial charge in [-0.15, -0.1) is 13.2 Å². The lowest BCUT2D eigenvalue weighted by atomic mass is 9.77. The normalized spacial score (nSPS) is 22.5. The van der Waals surface area contributed by atoms with Crippen molar-refractivity contribution in [1.29, 1.82) is 0 Å². The van der Waals surface area contributed by atoms with E-state index >= 15 is 0 Å². The Morgan fingerprint density at radius 1 is 1.14 bits per heavy atom. The van der Waals surface area contributed by atoms with Crippen LogP contribution in [0.4, 0.5) is 17.6 Å². The molecule has 1 aliphatic rings. The molecular weight excluding hydrogens is 300 g/mol. The summed E-state index contributed by atoms with van der Waals surface area (Å²) in [6, 6.07) is 2.52. The lowest BCUT2D eigenvalue weighted by Gasteiger charge is -2.29. The Bertz CT molecular complexity index is 506. The Morgan fingerprint density at radius 3 is 2.27 bits per heavy atom. The molecule has 2 nitrogen and oxygen atoms in total. The number of rotatable bonds is 4. The minimum absolute atomic E-state index is 0.118. The Morgan fingerprint density at radius 2 is 1.77 bits per heavy atom. The van der Waals surface area contributed by atoms with Crippen LogP contribution in [0.5, 0.6) is 11.5 Å². The van der Waals surface area contributed by atoms with Crippen molar-refractivity contribution in [2.24, 2.45) is 5.92 Å². The summed E-state index contributed by atoms with van der Waals surface area (Å²) >= 11 is 0. The molecule has 6 heteroatoms. The van der Waals surface area contributed by atoms with Gasteiger partial charge < -0.3 is 9.47 Å². The molecule has 0 heterocycles. The first-order valence-electron chi connectivity index (χ1n) is 7.47. The van der Waals surface area contributed by atoms with E-state index in [9.17, 15) is 17.6 Å². The second-order valence-electron chi connectivity index (χ2n) is 5.67. The highest BCUT2D eigenvalue weighted by Gasteiger charge is 2.34. The van der Waals surface area contributed by atoms with E-state index < -0.39 is 17.9 Å². The van der Waals surface area contributed by atoms with Gasteiger partial charge in [0.2, 0.25) is 5.82 Å². The number of halogens is 4. The van der Waals surface area contributed by atoms with Crippen molar-refractivity contribution in [2.45, 2.75) is 51.3 Å². The Balaban J connectivity index is 2.24. The maximum atomic E-state index is 14.2. The summed E-state index contributed by atoms with van der Waals surface area (Å²) < 4.78 is 59.7. The van der Waals surface area contributed by atoms with Gasteiger partial charge >= 0.3 is 6.36 Å². The zero-order valence-electron chi connectivity index (χ0n) is 12.7. The van der Waals surface area contributed by atoms with E-state index in [1.165, 1.54) is 13.2 Å². The van der Waals surface area contributed by atoms with Crippen LogP contribution in [0.25, 0.3) is 0 Å². The number of benzene rings is 1. The van der Waals surface area contributed by atoms with Crippen molar-refractivity contribution >= 4 is 0 Å². The van der Waals surface area contributed by atoms with Crippen LogP contribution in [-0.4, -0.2) is 13.5 Å². The number of hydrogen-bond acceptors (Lipinski definition) is 2. The molecule has 1 aromatic carbocycles. The molecule has 0 aliphatic heterocycles. The summed E-state index contributed by atoms with van der Waals surface area (Å²) in [7, 11) is 1.26. The number of methoxy groups -OCH3 is 1. The van der Waals surface area contributed by atoms with E-state index in [2.05, 4.69) is 11.7 Å². The van der Waals surface area contributed by atoms with Crippen LogP contribution in [0.15, 0.2) is 12.1 Å². The largest absolute Gasteiger partial charge is 0.573 e. The van der Waals surface area contributed by atoms with Crippen LogP contribution in [0.1, 0.15) is 50.5 Å². The van der Waals surface area contributed by atoms with Gasteiger partial charge in [0.1, 0.15) is 0 Å². The van der Waals surface area contributed by atoms with E-state index in [-0.39, 0.29) is 11.7 Å². The van der Waals surface area contributed by atoms with Gasteiger partial charge in [-0.2, -0.15) is 4.39 Å². The monoisotopic (exact) mass is 320 g/mol. The van der Waals surface area contributed by atoms with E-state index in [1.807, 2.05) is 0 Å². The zero-order valence-corrected chi connectivity index (χ0v) is 12.7. The van der Waals surface area contributed by atoms with Crippen LogP contribution >= 0.6 is 0 Å². The predicted octanol–water partition coefficient (Wildman–Crippen LogP) is 5.42. The molecule has 0 aromatic heterocycles. The van der Waals surface area contributed by atoms with Crippen molar-refractivity contribution in [2.75, 3.05) is 7.11 Å². The third kappa shape index (κ3) is 3.84. The summed E-state index contributed by atoms with van der Waals surface area (Å²) in [5, 5.41) is 0. The van der Waals surface area contributed by atoms with E-state index in [0.717, 1.165) is 38.2 Å². The van der Waals surface area contributed by atoms with E-state index in [0.29, 0.717) is 11.5 Å². The first-order chi connectivity index (χ1) is 10.4. The minimum atomic E-state index is -4.92. The second-order valence-corrected chi connectivity index (χ2v) is 5.67. The van der Waals surface area contributed by atoms with Crippen molar-refractivity contribution < 1.29 is 27.0 Å². The summed E-state index contributed by atoms with van der Waals surface area (Å²) in [6.07, 6.45) is 0.0875. The lowest BCUT2D eigenvalue weighted by Crippen LogP contribution is -2.19. The molecule has 2 rings (SSSR count). The van der Waals surface area contributed by atoms with Crippen LogP contribution in [0.2, 0.25) is 0 Å². The molecule has 0 atom stereocenters. The molecule has 0 N–H and O–H groups in total. The van der Waals surface area contributed by atoms with Crippen LogP contribution in [-0.2, 0) is 0 Å². The average molecular weight is 320 g/mol. The standard InChI is InChI=1S/C16H20F4O2/c1-3-10-4-6-11(7-5-10)12-8-9-13(22-16(18,19)20)14(17)15(12)21-2/h8-11H,3-7H2,1-2H3. The van der Waals surface area contributed by atoms with Gasteiger partial charge in [0.15, 0.2) is 11.5 Å². The van der Waals surface area contributed by atoms with Crippen molar-refractivity contribution in [3.05, 3.63) is 23.5 Å². The van der Waals surface area contributed by atoms with Crippen LogP contribution in [0.3, 0.4) is 0 Å². The fourth-order valence-electron chi connectivity index (χ4n) is 3.17. The van der Waals surface area contributed by atoms with Crippen molar-refractivity contribution in [3.8, 4) is 11.5 Å². The van der Waals surface area contributed by atoms with Crippen molar-refractivity contribution in [1.82, 2.24) is 0 Å². The second kappa shape index (κ2) is 6.75. The maximum Gasteiger partial charge on any atom is 0.573 e. The molecule has 0 unspecified atom stereocenters. The first-order valence-corrected chi connectivity index (χ1v) is 7.47. The molecule has 124 valence electrons. The third-order valence-electron chi connectivity index (χ3n) is 4.39. The molecule has 0 bridgehead atoms. The average Bonchev–Trinajstić information content (AvgIpc) is 2.48. The number of alkyl halides is 3. The van der Waals surface area contributed by atoms with Gasteiger partial charge in [-0.3, -0.25) is 0 Å². The summed E-state index contributed by atoms with van der Waals surface area (Å²) in [6.45, 7) is 2.15. The van der Waals surface area contributed by atoms with Gasteiger partial charge in [0.25, 0.3) is 0 Å². The molecule has 22 heavy (non-hydrogen) atoms. The third-order valence-corrected chi connectivity index (χ3v) is 4.39. The fraction of sp³-hybridized carbons (Fsp3) is 0.625. The van der Waals surface area contributed by atoms with Crippen LogP contribution < -0.4 is 9.47 Å². The topological polar surface area (TPSA) is 18.5 Å². The van der Waals surface area contributed by atoms with Gasteiger partial charge in [0.05, 0.1) is 7.11 Å². The Labute approximate surface area is 127 Å². The molecule has 1 fully saturated rings. The lowest BCUT2D eigenvalue weighted by molar-refractivity contribution is -0.275. The molecule has 0 spiro atoms. The van der Waals surface area contributed by atoms with Gasteiger partial charge in [0, 0.05) is 5.56 Å². The highest BCUT2D eigenvalue weighted by atomic mass is 19.4. The Hall–Kier alpha value is -1.46. The SMILES string of the molecule is CCC1CCC(c2ccc(OC(F)(F)F)c(F)c2OC)CC1. The van der Waals surface area contributed by atoms with Gasteiger partial charge in [-0.1, -0.05) is 19.4 Å². The molecule has 0 radical (unpaired) electrons. The summed E-state index contributed by atoms with van der Waals surface area (Å²) in [5.41, 5.74) is 0.629. The molecule has 0 saturated heterocycles. The maximum absolute atomic E-state index is 14.2. The molecule has 1 aromatic rings. The smallest absolute Gasteiger partial charge is 0.493 e. The number of ether oxygens (including phenoxy) is 2. The van der Waals surface area contributed by atoms with Gasteiger partial charge in [-0.25, -0.2) is 0 Å². The van der Waals surface area contributed by atoms with E-state index in [1.54, 1.807) is 0 Å². The van der Waals surface area contributed by atoms with Crippen molar-refractivity contribution in [3.63, 3.8) is 0 Å². The van der Waals surface area contributed by atoms with E-state index in [4.69, 9.17) is 4.74 Å². The molecular formula is C16H20F4O2. The quantitative estimate of drug-likeness (QED) is 0.690. The highest BCUT2D eigenvalue weighted by molar-refractivity contribution is 5.44. The zero-order chi connectivity index (χ0) is 16.3. The predicted molar refractivity (Wildman–Crippen MR) is 74.6 cm³/mol. The number of hydrogen-bond donors (Lipinski definition) is 0. The highest BCUT2D eigenvalue weighted by Crippen LogP contribution is 2.43. The fourth-order valence-corrected chi connectivity index (χ4v) is 3.17. The molecule has 1 saturated carbocycles. The first kappa shape index (κ1) is 16.9. The Kier molecular flexibility index (Phi) is 5.19. The van der Waals surface area contributed by atoms with Crippen LogP contribution in [0, 0.1) is 11.7 Å². The summed E-state index contributed by atoms with van der Waals surface area (Å²) in [5.74, 6) is -1.28. The molecule has 1 aliphatic carbocycles.